The maximum atomic E-state index is 5.76. The van der Waals surface area contributed by atoms with Crippen molar-refractivity contribution < 1.29 is 4.74 Å². The molecule has 1 aromatic carbocycles. The highest BCUT2D eigenvalue weighted by Gasteiger charge is 2.30. The van der Waals surface area contributed by atoms with E-state index in [-0.39, 0.29) is 12.1 Å². The lowest BCUT2D eigenvalue weighted by atomic mass is 9.81. The topological polar surface area (TPSA) is 47.3 Å². The number of nitrogens with one attached hydrogen (secondary N) is 1. The Balaban J connectivity index is 2.13. The van der Waals surface area contributed by atoms with Crippen molar-refractivity contribution in [3.8, 4) is 0 Å². The fraction of sp³-hybridized carbons (Fsp3) is 0.600. The third-order valence-electron chi connectivity index (χ3n) is 4.05. The molecule has 3 nitrogen and oxygen atoms in total. The average molecular weight is 248 g/mol. The number of hydrogen-bond acceptors (Lipinski definition) is 3. The fourth-order valence-electron chi connectivity index (χ4n) is 3.10. The van der Waals surface area contributed by atoms with Gasteiger partial charge in [-0.3, -0.25) is 11.3 Å². The van der Waals surface area contributed by atoms with E-state index in [0.717, 1.165) is 0 Å². The van der Waals surface area contributed by atoms with E-state index in [1.165, 1.54) is 37.7 Å². The number of hydrazine groups is 1. The van der Waals surface area contributed by atoms with E-state index in [4.69, 9.17) is 10.6 Å². The van der Waals surface area contributed by atoms with Crippen LogP contribution in [0.5, 0.6) is 0 Å². The molecule has 0 bridgehead atoms. The monoisotopic (exact) mass is 248 g/mol. The maximum absolute atomic E-state index is 5.76. The van der Waals surface area contributed by atoms with Gasteiger partial charge in [-0.1, -0.05) is 49.6 Å². The molecule has 1 aliphatic carbocycles. The minimum Gasteiger partial charge on any atom is -0.379 e. The first kappa shape index (κ1) is 13.5. The summed E-state index contributed by atoms with van der Waals surface area (Å²) in [5, 5.41) is 0. The quantitative estimate of drug-likeness (QED) is 0.622. The molecule has 0 aliphatic heterocycles. The Morgan fingerprint density at radius 2 is 1.83 bits per heavy atom. The molecule has 1 aliphatic rings. The summed E-state index contributed by atoms with van der Waals surface area (Å²) in [6, 6.07) is 10.4. The van der Waals surface area contributed by atoms with Crippen molar-refractivity contribution in [1.29, 1.82) is 0 Å². The molecule has 18 heavy (non-hydrogen) atoms. The summed E-state index contributed by atoms with van der Waals surface area (Å²) in [7, 11) is 1.80. The van der Waals surface area contributed by atoms with Crippen molar-refractivity contribution in [2.24, 2.45) is 11.8 Å². The van der Waals surface area contributed by atoms with E-state index in [2.05, 4.69) is 17.6 Å². The minimum absolute atomic E-state index is 0.0827. The Labute approximate surface area is 110 Å². The zero-order valence-electron chi connectivity index (χ0n) is 11.1. The normalized spacial score (nSPS) is 20.6. The lowest BCUT2D eigenvalue weighted by Gasteiger charge is -2.34. The third-order valence-corrected chi connectivity index (χ3v) is 4.05. The Hall–Kier alpha value is -0.900. The lowest BCUT2D eigenvalue weighted by Crippen LogP contribution is -2.42. The smallest absolute Gasteiger partial charge is 0.0806 e. The van der Waals surface area contributed by atoms with Gasteiger partial charge in [-0.2, -0.15) is 0 Å². The Morgan fingerprint density at radius 3 is 2.39 bits per heavy atom. The highest BCUT2D eigenvalue weighted by Crippen LogP contribution is 2.33. The van der Waals surface area contributed by atoms with Crippen molar-refractivity contribution in [3.63, 3.8) is 0 Å². The van der Waals surface area contributed by atoms with E-state index >= 15 is 0 Å². The van der Waals surface area contributed by atoms with Gasteiger partial charge >= 0.3 is 0 Å². The van der Waals surface area contributed by atoms with Crippen molar-refractivity contribution in [1.82, 2.24) is 5.43 Å². The summed E-state index contributed by atoms with van der Waals surface area (Å²) in [5.74, 6) is 6.37. The van der Waals surface area contributed by atoms with Gasteiger partial charge in [-0.25, -0.2) is 0 Å². The van der Waals surface area contributed by atoms with Crippen LogP contribution in [0, 0.1) is 5.92 Å². The molecule has 2 unspecified atom stereocenters. The second-order valence-electron chi connectivity index (χ2n) is 5.15. The van der Waals surface area contributed by atoms with Crippen molar-refractivity contribution >= 4 is 0 Å². The molecule has 3 heteroatoms. The van der Waals surface area contributed by atoms with Crippen molar-refractivity contribution in [2.45, 2.75) is 44.2 Å². The minimum atomic E-state index is 0.0827. The molecule has 2 atom stereocenters. The summed E-state index contributed by atoms with van der Waals surface area (Å²) < 4.78 is 5.75. The van der Waals surface area contributed by atoms with Gasteiger partial charge in [0, 0.05) is 7.11 Å². The molecule has 1 aromatic rings. The lowest BCUT2D eigenvalue weighted by molar-refractivity contribution is 0.00750. The molecule has 0 saturated heterocycles. The number of rotatable bonds is 5. The first-order chi connectivity index (χ1) is 8.86. The standard InChI is InChI=1S/C15H24N2O/c1-18-15(13-10-6-3-7-11-13)14(17-16)12-8-4-2-5-9-12/h2,4-5,8-9,13-15,17H,3,6-7,10-11,16H2,1H3. The number of nitrogens with two attached hydrogens (primary N) is 1. The van der Waals surface area contributed by atoms with E-state index in [9.17, 15) is 0 Å². The summed E-state index contributed by atoms with van der Waals surface area (Å²) in [6.45, 7) is 0. The Morgan fingerprint density at radius 1 is 1.17 bits per heavy atom. The summed E-state index contributed by atoms with van der Waals surface area (Å²) in [5.41, 5.74) is 4.15. The van der Waals surface area contributed by atoms with Crippen LogP contribution in [0.15, 0.2) is 30.3 Å². The second-order valence-corrected chi connectivity index (χ2v) is 5.15. The summed E-state index contributed by atoms with van der Waals surface area (Å²) in [6.07, 6.45) is 6.66. The van der Waals surface area contributed by atoms with Crippen LogP contribution in [0.3, 0.4) is 0 Å². The zero-order chi connectivity index (χ0) is 12.8. The summed E-state index contributed by atoms with van der Waals surface area (Å²) >= 11 is 0. The summed E-state index contributed by atoms with van der Waals surface area (Å²) in [4.78, 5) is 0. The van der Waals surface area contributed by atoms with Gasteiger partial charge in [-0.05, 0) is 24.3 Å². The first-order valence-corrected chi connectivity index (χ1v) is 6.90. The van der Waals surface area contributed by atoms with E-state index in [1.54, 1.807) is 7.11 Å². The van der Waals surface area contributed by atoms with Crippen LogP contribution < -0.4 is 11.3 Å². The van der Waals surface area contributed by atoms with Gasteiger partial charge in [0.05, 0.1) is 12.1 Å². The molecule has 0 spiro atoms. The molecule has 100 valence electrons. The van der Waals surface area contributed by atoms with Gasteiger partial charge in [0.15, 0.2) is 0 Å². The predicted molar refractivity (Wildman–Crippen MR) is 73.9 cm³/mol. The maximum Gasteiger partial charge on any atom is 0.0806 e. The van der Waals surface area contributed by atoms with Crippen molar-refractivity contribution in [3.05, 3.63) is 35.9 Å². The molecule has 0 amide bonds. The zero-order valence-corrected chi connectivity index (χ0v) is 11.1. The molecule has 1 fully saturated rings. The Kier molecular flexibility index (Phi) is 5.17. The largest absolute Gasteiger partial charge is 0.379 e. The molecule has 0 radical (unpaired) electrons. The van der Waals surface area contributed by atoms with Gasteiger partial charge in [0.2, 0.25) is 0 Å². The average Bonchev–Trinajstić information content (AvgIpc) is 2.46. The molecule has 2 rings (SSSR count). The van der Waals surface area contributed by atoms with Gasteiger partial charge in [0.1, 0.15) is 0 Å². The van der Waals surface area contributed by atoms with Gasteiger partial charge in [-0.15, -0.1) is 0 Å². The second kappa shape index (κ2) is 6.88. The highest BCUT2D eigenvalue weighted by atomic mass is 16.5. The van der Waals surface area contributed by atoms with E-state index in [0.29, 0.717) is 5.92 Å². The first-order valence-electron chi connectivity index (χ1n) is 6.90. The molecule has 1 saturated carbocycles. The third kappa shape index (κ3) is 3.10. The molecular formula is C15H24N2O. The van der Waals surface area contributed by atoms with Gasteiger partial charge in [0.25, 0.3) is 0 Å². The van der Waals surface area contributed by atoms with Crippen LogP contribution in [-0.4, -0.2) is 13.2 Å². The number of ether oxygens (including phenoxy) is 1. The molecule has 0 heterocycles. The highest BCUT2D eigenvalue weighted by molar-refractivity contribution is 5.20. The van der Waals surface area contributed by atoms with Crippen molar-refractivity contribution in [2.75, 3.05) is 7.11 Å². The number of benzene rings is 1. The van der Waals surface area contributed by atoms with Gasteiger partial charge < -0.3 is 4.74 Å². The van der Waals surface area contributed by atoms with Crippen LogP contribution in [0.25, 0.3) is 0 Å². The fourth-order valence-corrected chi connectivity index (χ4v) is 3.10. The molecule has 3 N–H and O–H groups in total. The number of methoxy groups -OCH3 is 1. The van der Waals surface area contributed by atoms with E-state index < -0.39 is 0 Å². The SMILES string of the molecule is COC(C1CCCCC1)C(NN)c1ccccc1. The number of hydrogen-bond donors (Lipinski definition) is 2. The van der Waals surface area contributed by atoms with E-state index in [1.807, 2.05) is 18.2 Å². The van der Waals surface area contributed by atoms with Crippen LogP contribution >= 0.6 is 0 Å². The molecular weight excluding hydrogens is 224 g/mol. The Bertz CT molecular complexity index is 336. The van der Waals surface area contributed by atoms with Crippen LogP contribution in [0.4, 0.5) is 0 Å². The molecule has 0 aromatic heterocycles. The van der Waals surface area contributed by atoms with Crippen LogP contribution in [-0.2, 0) is 4.74 Å². The predicted octanol–water partition coefficient (Wildman–Crippen LogP) is 2.79. The van der Waals surface area contributed by atoms with Crippen LogP contribution in [0.1, 0.15) is 43.7 Å². The van der Waals surface area contributed by atoms with Crippen LogP contribution in [0.2, 0.25) is 0 Å².